The van der Waals surface area contributed by atoms with Crippen LogP contribution in [-0.2, 0) is 6.18 Å². The summed E-state index contributed by atoms with van der Waals surface area (Å²) in [7, 11) is 0. The SMILES string of the molecule is Cc1nc(-c2ccc(C(F)(F)F)cc2)sc1C(=O)Nc1cc2c(cc1Cl)OCCO2. The van der Waals surface area contributed by atoms with Crippen LogP contribution in [0.4, 0.5) is 18.9 Å². The number of hydrogen-bond acceptors (Lipinski definition) is 5. The number of anilines is 1. The van der Waals surface area contributed by atoms with Gasteiger partial charge < -0.3 is 14.8 Å². The van der Waals surface area contributed by atoms with Crippen molar-refractivity contribution in [2.24, 2.45) is 0 Å². The topological polar surface area (TPSA) is 60.5 Å². The molecular weight excluding hydrogens is 441 g/mol. The summed E-state index contributed by atoms with van der Waals surface area (Å²) in [5.41, 5.74) is 0.564. The number of rotatable bonds is 3. The smallest absolute Gasteiger partial charge is 0.416 e. The van der Waals surface area contributed by atoms with Crippen molar-refractivity contribution in [1.82, 2.24) is 4.98 Å². The maximum atomic E-state index is 12.8. The van der Waals surface area contributed by atoms with Gasteiger partial charge in [0.15, 0.2) is 11.5 Å². The van der Waals surface area contributed by atoms with Gasteiger partial charge in [0.2, 0.25) is 0 Å². The number of benzene rings is 2. The lowest BCUT2D eigenvalue weighted by atomic mass is 10.1. The van der Waals surface area contributed by atoms with E-state index < -0.39 is 17.6 Å². The second-order valence-electron chi connectivity index (χ2n) is 6.44. The van der Waals surface area contributed by atoms with Gasteiger partial charge in [0.05, 0.1) is 22.0 Å². The van der Waals surface area contributed by atoms with Gasteiger partial charge in [-0.3, -0.25) is 4.79 Å². The Hall–Kier alpha value is -2.78. The van der Waals surface area contributed by atoms with E-state index in [-0.39, 0.29) is 5.02 Å². The minimum absolute atomic E-state index is 0.290. The Morgan fingerprint density at radius 3 is 2.40 bits per heavy atom. The molecule has 3 aromatic rings. The number of alkyl halides is 3. The fraction of sp³-hybridized carbons (Fsp3) is 0.200. The van der Waals surface area contributed by atoms with Crippen LogP contribution >= 0.6 is 22.9 Å². The third-order valence-corrected chi connectivity index (χ3v) is 5.86. The minimum Gasteiger partial charge on any atom is -0.486 e. The van der Waals surface area contributed by atoms with E-state index in [9.17, 15) is 18.0 Å². The predicted octanol–water partition coefficient (Wildman–Crippen LogP) is 5.81. The number of carbonyl (C=O) groups is 1. The number of fused-ring (bicyclic) bond motifs is 1. The van der Waals surface area contributed by atoms with Crippen LogP contribution in [0, 0.1) is 6.92 Å². The highest BCUT2D eigenvalue weighted by molar-refractivity contribution is 7.17. The van der Waals surface area contributed by atoms with Crippen molar-refractivity contribution in [3.8, 4) is 22.1 Å². The molecule has 1 aliphatic heterocycles. The third kappa shape index (κ3) is 4.08. The fourth-order valence-electron chi connectivity index (χ4n) is 2.87. The van der Waals surface area contributed by atoms with Gasteiger partial charge in [-0.2, -0.15) is 13.2 Å². The summed E-state index contributed by atoms with van der Waals surface area (Å²) < 4.78 is 49.2. The lowest BCUT2D eigenvalue weighted by Gasteiger charge is -2.19. The zero-order valence-corrected chi connectivity index (χ0v) is 17.0. The fourth-order valence-corrected chi connectivity index (χ4v) is 4.04. The number of nitrogens with one attached hydrogen (secondary N) is 1. The van der Waals surface area contributed by atoms with Crippen LogP contribution in [0.15, 0.2) is 36.4 Å². The number of carbonyl (C=O) groups excluding carboxylic acids is 1. The van der Waals surface area contributed by atoms with E-state index >= 15 is 0 Å². The second kappa shape index (κ2) is 7.81. The summed E-state index contributed by atoms with van der Waals surface area (Å²) in [6, 6.07) is 7.79. The van der Waals surface area contributed by atoms with Gasteiger partial charge in [-0.05, 0) is 19.1 Å². The summed E-state index contributed by atoms with van der Waals surface area (Å²) in [6.45, 7) is 2.47. The third-order valence-electron chi connectivity index (χ3n) is 4.34. The Balaban J connectivity index is 1.57. The first-order chi connectivity index (χ1) is 14.2. The van der Waals surface area contributed by atoms with Gasteiger partial charge >= 0.3 is 6.18 Å². The largest absolute Gasteiger partial charge is 0.486 e. The van der Waals surface area contributed by atoms with Crippen LogP contribution in [0.5, 0.6) is 11.5 Å². The van der Waals surface area contributed by atoms with Crippen LogP contribution in [0.3, 0.4) is 0 Å². The van der Waals surface area contributed by atoms with Crippen molar-refractivity contribution >= 4 is 34.5 Å². The van der Waals surface area contributed by atoms with E-state index in [4.69, 9.17) is 21.1 Å². The lowest BCUT2D eigenvalue weighted by molar-refractivity contribution is -0.137. The summed E-state index contributed by atoms with van der Waals surface area (Å²) in [6.07, 6.45) is -4.41. The molecule has 10 heteroatoms. The summed E-state index contributed by atoms with van der Waals surface area (Å²) in [5, 5.41) is 3.46. The van der Waals surface area contributed by atoms with E-state index in [0.717, 1.165) is 23.5 Å². The molecule has 156 valence electrons. The molecule has 1 amide bonds. The van der Waals surface area contributed by atoms with E-state index in [1.54, 1.807) is 19.1 Å². The molecule has 0 fully saturated rings. The molecule has 0 atom stereocenters. The first-order valence-corrected chi connectivity index (χ1v) is 9.97. The maximum absolute atomic E-state index is 12.8. The van der Waals surface area contributed by atoms with Crippen molar-refractivity contribution in [2.75, 3.05) is 18.5 Å². The Bertz CT molecular complexity index is 1110. The van der Waals surface area contributed by atoms with E-state index in [1.807, 2.05) is 0 Å². The number of nitrogens with zero attached hydrogens (tertiary/aromatic N) is 1. The molecule has 0 aliphatic carbocycles. The van der Waals surface area contributed by atoms with E-state index in [1.165, 1.54) is 12.1 Å². The highest BCUT2D eigenvalue weighted by Crippen LogP contribution is 2.39. The van der Waals surface area contributed by atoms with Crippen LogP contribution in [0.2, 0.25) is 5.02 Å². The van der Waals surface area contributed by atoms with Crippen molar-refractivity contribution in [3.63, 3.8) is 0 Å². The van der Waals surface area contributed by atoms with Gasteiger partial charge in [0.25, 0.3) is 5.91 Å². The van der Waals surface area contributed by atoms with E-state index in [0.29, 0.717) is 51.5 Å². The molecular formula is C20H14ClF3N2O3S. The molecule has 0 bridgehead atoms. The summed E-state index contributed by atoms with van der Waals surface area (Å²) >= 11 is 7.32. The molecule has 1 N–H and O–H groups in total. The summed E-state index contributed by atoms with van der Waals surface area (Å²) in [5.74, 6) is 0.553. The second-order valence-corrected chi connectivity index (χ2v) is 7.84. The Morgan fingerprint density at radius 2 is 1.77 bits per heavy atom. The molecule has 2 heterocycles. The van der Waals surface area contributed by atoms with Crippen molar-refractivity contribution < 1.29 is 27.4 Å². The Kier molecular flexibility index (Phi) is 5.33. The van der Waals surface area contributed by atoms with Crippen molar-refractivity contribution in [2.45, 2.75) is 13.1 Å². The molecule has 30 heavy (non-hydrogen) atoms. The molecule has 4 rings (SSSR count). The molecule has 2 aromatic carbocycles. The predicted molar refractivity (Wildman–Crippen MR) is 108 cm³/mol. The summed E-state index contributed by atoms with van der Waals surface area (Å²) in [4.78, 5) is 17.4. The molecule has 5 nitrogen and oxygen atoms in total. The molecule has 0 unspecified atom stereocenters. The molecule has 1 aromatic heterocycles. The Labute approximate surface area is 178 Å². The molecule has 0 radical (unpaired) electrons. The first kappa shape index (κ1) is 20.5. The number of halogens is 4. The zero-order valence-electron chi connectivity index (χ0n) is 15.5. The Morgan fingerprint density at radius 1 is 1.13 bits per heavy atom. The van der Waals surface area contributed by atoms with E-state index in [2.05, 4.69) is 10.3 Å². The van der Waals surface area contributed by atoms with Crippen LogP contribution in [0.1, 0.15) is 20.9 Å². The number of amides is 1. The number of thiazole rings is 1. The molecule has 1 aliphatic rings. The quantitative estimate of drug-likeness (QED) is 0.542. The number of ether oxygens (including phenoxy) is 2. The van der Waals surface area contributed by atoms with Gasteiger partial charge in [-0.1, -0.05) is 23.7 Å². The minimum atomic E-state index is -4.41. The maximum Gasteiger partial charge on any atom is 0.416 e. The highest BCUT2D eigenvalue weighted by Gasteiger charge is 2.30. The number of aryl methyl sites for hydroxylation is 1. The molecule has 0 saturated heterocycles. The first-order valence-electron chi connectivity index (χ1n) is 8.78. The van der Waals surface area contributed by atoms with Crippen LogP contribution in [-0.4, -0.2) is 24.1 Å². The van der Waals surface area contributed by atoms with Gasteiger partial charge in [0.1, 0.15) is 23.1 Å². The average Bonchev–Trinajstić information content (AvgIpc) is 3.10. The van der Waals surface area contributed by atoms with Crippen LogP contribution < -0.4 is 14.8 Å². The average molecular weight is 455 g/mol. The zero-order chi connectivity index (χ0) is 21.5. The number of aromatic nitrogens is 1. The molecule has 0 spiro atoms. The van der Waals surface area contributed by atoms with Gasteiger partial charge in [0, 0.05) is 17.7 Å². The normalized spacial score (nSPS) is 13.2. The van der Waals surface area contributed by atoms with Crippen molar-refractivity contribution in [1.29, 1.82) is 0 Å². The lowest BCUT2D eigenvalue weighted by Crippen LogP contribution is -2.16. The standard InChI is InChI=1S/C20H14ClF3N2O3S/c1-10-17(30-19(25-10)11-2-4-12(5-3-11)20(22,23)24)18(27)26-14-9-16-15(8-13(14)21)28-6-7-29-16/h2-5,8-9H,6-7H2,1H3,(H,26,27). The monoisotopic (exact) mass is 454 g/mol. The highest BCUT2D eigenvalue weighted by atomic mass is 35.5. The number of hydrogen-bond donors (Lipinski definition) is 1. The molecule has 0 saturated carbocycles. The van der Waals surface area contributed by atoms with Crippen LogP contribution in [0.25, 0.3) is 10.6 Å². The van der Waals surface area contributed by atoms with Crippen molar-refractivity contribution in [3.05, 3.63) is 57.6 Å². The van der Waals surface area contributed by atoms with Gasteiger partial charge in [-0.25, -0.2) is 4.98 Å². The van der Waals surface area contributed by atoms with Gasteiger partial charge in [-0.15, -0.1) is 11.3 Å².